The molecule has 0 saturated carbocycles. The van der Waals surface area contributed by atoms with Gasteiger partial charge in [-0.2, -0.15) is 0 Å². The Morgan fingerprint density at radius 3 is 1.65 bits per heavy atom. The van der Waals surface area contributed by atoms with Gasteiger partial charge >= 0.3 is 0 Å². The van der Waals surface area contributed by atoms with Crippen LogP contribution < -0.4 is 0 Å². The summed E-state index contributed by atoms with van der Waals surface area (Å²) in [5.74, 6) is 0. The second-order valence-corrected chi connectivity index (χ2v) is 2.86. The van der Waals surface area contributed by atoms with E-state index in [0.717, 1.165) is 6.61 Å². The van der Waals surface area contributed by atoms with Crippen molar-refractivity contribution in [2.45, 2.75) is 6.92 Å². The lowest BCUT2D eigenvalue weighted by Crippen LogP contribution is -2.07. The molecule has 6 heteroatoms. The third-order valence-electron chi connectivity index (χ3n) is 1.48. The third-order valence-corrected chi connectivity index (χ3v) is 1.48. The highest BCUT2D eigenvalue weighted by Gasteiger charge is 1.86. The smallest absolute Gasteiger partial charge is 0.0701 e. The fourth-order valence-electron chi connectivity index (χ4n) is 0.738. The molecular formula is C11H26O6. The first-order chi connectivity index (χ1) is 8.33. The van der Waals surface area contributed by atoms with Gasteiger partial charge in [-0.15, -0.1) is 0 Å². The van der Waals surface area contributed by atoms with Gasteiger partial charge < -0.3 is 29.2 Å². The van der Waals surface area contributed by atoms with Gasteiger partial charge in [0.15, 0.2) is 0 Å². The maximum atomic E-state index is 8.09. The van der Waals surface area contributed by atoms with E-state index in [-0.39, 0.29) is 13.2 Å². The molecular weight excluding hydrogens is 228 g/mol. The highest BCUT2D eigenvalue weighted by molar-refractivity contribution is 4.29. The lowest BCUT2D eigenvalue weighted by molar-refractivity contribution is 0.0280. The summed E-state index contributed by atoms with van der Waals surface area (Å²) in [6.45, 7) is 6.08. The Kier molecular flexibility index (Phi) is 23.7. The standard InChI is InChI=1S/C7H16O3.C4H10O3/c1-3-9-6-7-10-5-4-8-2;5-1-3-7-4-2-6/h3-7H2,1-2H3;5-6H,1-4H2. The highest BCUT2D eigenvalue weighted by atomic mass is 16.5. The Morgan fingerprint density at radius 2 is 1.18 bits per heavy atom. The molecule has 0 atom stereocenters. The van der Waals surface area contributed by atoms with Gasteiger partial charge in [-0.25, -0.2) is 0 Å². The van der Waals surface area contributed by atoms with Crippen LogP contribution >= 0.6 is 0 Å². The van der Waals surface area contributed by atoms with E-state index >= 15 is 0 Å². The summed E-state index contributed by atoms with van der Waals surface area (Å²) in [6, 6.07) is 0. The van der Waals surface area contributed by atoms with Gasteiger partial charge in [-0.3, -0.25) is 0 Å². The molecule has 0 bridgehead atoms. The van der Waals surface area contributed by atoms with Crippen molar-refractivity contribution in [3.63, 3.8) is 0 Å². The second kappa shape index (κ2) is 21.1. The largest absolute Gasteiger partial charge is 0.394 e. The van der Waals surface area contributed by atoms with Crippen molar-refractivity contribution in [1.29, 1.82) is 0 Å². The van der Waals surface area contributed by atoms with E-state index < -0.39 is 0 Å². The first-order valence-corrected chi connectivity index (χ1v) is 5.77. The molecule has 0 fully saturated rings. The molecule has 17 heavy (non-hydrogen) atoms. The van der Waals surface area contributed by atoms with Gasteiger partial charge in [0.05, 0.1) is 52.9 Å². The Bertz CT molecular complexity index is 100. The van der Waals surface area contributed by atoms with E-state index in [9.17, 15) is 0 Å². The third kappa shape index (κ3) is 25.8. The fourth-order valence-corrected chi connectivity index (χ4v) is 0.738. The van der Waals surface area contributed by atoms with E-state index in [1.54, 1.807) is 7.11 Å². The summed E-state index contributed by atoms with van der Waals surface area (Å²) in [5.41, 5.74) is 0. The van der Waals surface area contributed by atoms with Crippen LogP contribution in [0.25, 0.3) is 0 Å². The molecule has 0 aromatic rings. The molecule has 0 spiro atoms. The van der Waals surface area contributed by atoms with Crippen LogP contribution in [0.1, 0.15) is 6.92 Å². The van der Waals surface area contributed by atoms with E-state index in [0.29, 0.717) is 39.6 Å². The number of rotatable bonds is 11. The maximum absolute atomic E-state index is 8.09. The van der Waals surface area contributed by atoms with Crippen LogP contribution in [0.4, 0.5) is 0 Å². The van der Waals surface area contributed by atoms with Crippen molar-refractivity contribution in [2.75, 3.05) is 66.6 Å². The molecule has 0 aliphatic rings. The van der Waals surface area contributed by atoms with E-state index in [2.05, 4.69) is 4.74 Å². The molecule has 2 N–H and O–H groups in total. The number of aliphatic hydroxyl groups excluding tert-OH is 2. The molecule has 0 aliphatic carbocycles. The Hall–Kier alpha value is -0.240. The highest BCUT2D eigenvalue weighted by Crippen LogP contribution is 1.78. The zero-order valence-electron chi connectivity index (χ0n) is 10.9. The van der Waals surface area contributed by atoms with Crippen molar-refractivity contribution in [3.05, 3.63) is 0 Å². The van der Waals surface area contributed by atoms with E-state index in [4.69, 9.17) is 24.4 Å². The Morgan fingerprint density at radius 1 is 0.706 bits per heavy atom. The fraction of sp³-hybridized carbons (Fsp3) is 1.00. The molecule has 0 saturated heterocycles. The van der Waals surface area contributed by atoms with Gasteiger partial charge in [0, 0.05) is 13.7 Å². The molecule has 6 nitrogen and oxygen atoms in total. The zero-order chi connectivity index (χ0) is 13.2. The van der Waals surface area contributed by atoms with Crippen LogP contribution in [0.5, 0.6) is 0 Å². The molecule has 0 rings (SSSR count). The van der Waals surface area contributed by atoms with Gasteiger partial charge in [-0.05, 0) is 6.92 Å². The number of hydrogen-bond donors (Lipinski definition) is 2. The average molecular weight is 254 g/mol. The summed E-state index contributed by atoms with van der Waals surface area (Å²) in [6.07, 6.45) is 0. The topological polar surface area (TPSA) is 77.4 Å². The summed E-state index contributed by atoms with van der Waals surface area (Å²) < 4.78 is 19.6. The zero-order valence-corrected chi connectivity index (χ0v) is 10.9. The van der Waals surface area contributed by atoms with Gasteiger partial charge in [0.2, 0.25) is 0 Å². The summed E-state index contributed by atoms with van der Waals surface area (Å²) in [4.78, 5) is 0. The van der Waals surface area contributed by atoms with Gasteiger partial charge in [0.1, 0.15) is 0 Å². The Balaban J connectivity index is 0. The SMILES string of the molecule is CCOCCOCCOC.OCCOCCO. The van der Waals surface area contributed by atoms with Crippen molar-refractivity contribution >= 4 is 0 Å². The molecule has 0 aromatic carbocycles. The minimum absolute atomic E-state index is 0.0278. The first-order valence-electron chi connectivity index (χ1n) is 5.77. The first kappa shape index (κ1) is 19.1. The predicted molar refractivity (Wildman–Crippen MR) is 64.2 cm³/mol. The van der Waals surface area contributed by atoms with Gasteiger partial charge in [-0.1, -0.05) is 0 Å². The molecule has 0 aliphatic heterocycles. The monoisotopic (exact) mass is 254 g/mol. The maximum Gasteiger partial charge on any atom is 0.0701 e. The average Bonchev–Trinajstić information content (AvgIpc) is 2.35. The normalized spacial score (nSPS) is 9.88. The molecule has 106 valence electrons. The van der Waals surface area contributed by atoms with Crippen molar-refractivity contribution in [1.82, 2.24) is 0 Å². The van der Waals surface area contributed by atoms with Crippen LogP contribution in [-0.2, 0) is 18.9 Å². The van der Waals surface area contributed by atoms with E-state index in [1.165, 1.54) is 0 Å². The molecule has 0 unspecified atom stereocenters. The van der Waals surface area contributed by atoms with Crippen LogP contribution in [0.2, 0.25) is 0 Å². The van der Waals surface area contributed by atoms with Crippen molar-refractivity contribution in [3.8, 4) is 0 Å². The lowest BCUT2D eigenvalue weighted by atomic mass is 10.7. The molecule has 0 amide bonds. The minimum Gasteiger partial charge on any atom is -0.394 e. The van der Waals surface area contributed by atoms with Crippen LogP contribution in [-0.4, -0.2) is 76.8 Å². The van der Waals surface area contributed by atoms with Crippen LogP contribution in [0, 0.1) is 0 Å². The quantitative estimate of drug-likeness (QED) is 0.492. The van der Waals surface area contributed by atoms with Crippen LogP contribution in [0.3, 0.4) is 0 Å². The summed E-state index contributed by atoms with van der Waals surface area (Å²) >= 11 is 0. The van der Waals surface area contributed by atoms with Crippen molar-refractivity contribution < 1.29 is 29.2 Å². The number of methoxy groups -OCH3 is 1. The lowest BCUT2D eigenvalue weighted by Gasteiger charge is -2.02. The molecule has 0 radical (unpaired) electrons. The predicted octanol–water partition coefficient (Wildman–Crippen LogP) is -0.326. The van der Waals surface area contributed by atoms with Crippen molar-refractivity contribution in [2.24, 2.45) is 0 Å². The summed E-state index contributed by atoms with van der Waals surface area (Å²) in [7, 11) is 1.66. The van der Waals surface area contributed by atoms with Gasteiger partial charge in [0.25, 0.3) is 0 Å². The number of hydrogen-bond acceptors (Lipinski definition) is 6. The summed E-state index contributed by atoms with van der Waals surface area (Å²) in [5, 5.41) is 16.2. The number of ether oxygens (including phenoxy) is 4. The van der Waals surface area contributed by atoms with E-state index in [1.807, 2.05) is 6.92 Å². The Labute approximate surface area is 103 Å². The second-order valence-electron chi connectivity index (χ2n) is 2.86. The molecule has 0 aromatic heterocycles. The van der Waals surface area contributed by atoms with Crippen LogP contribution in [0.15, 0.2) is 0 Å². The number of aliphatic hydroxyl groups is 2. The molecule has 0 heterocycles. The minimum atomic E-state index is 0.0278.